The van der Waals surface area contributed by atoms with Crippen LogP contribution in [0.5, 0.6) is 0 Å². The molecule has 0 saturated heterocycles. The first kappa shape index (κ1) is 15.9. The summed E-state index contributed by atoms with van der Waals surface area (Å²) in [5.74, 6) is 2.58. The average molecular weight is 301 g/mol. The molecule has 0 fully saturated rings. The monoisotopic (exact) mass is 301 g/mol. The topological polar surface area (TPSA) is 0 Å². The predicted molar refractivity (Wildman–Crippen MR) is 97.9 cm³/mol. The zero-order valence-corrected chi connectivity index (χ0v) is 14.3. The number of hydrogen-bond acceptors (Lipinski definition) is 0. The van der Waals surface area contributed by atoms with E-state index in [9.17, 15) is 0 Å². The molecule has 0 unspecified atom stereocenters. The second-order valence-corrected chi connectivity index (χ2v) is 6.72. The van der Waals surface area contributed by atoms with Crippen LogP contribution in [0.3, 0.4) is 0 Å². The van der Waals surface area contributed by atoms with Crippen molar-refractivity contribution in [1.82, 2.24) is 0 Å². The van der Waals surface area contributed by atoms with E-state index in [0.717, 1.165) is 5.56 Å². The molecule has 0 heteroatoms. The van der Waals surface area contributed by atoms with E-state index in [4.69, 9.17) is 6.42 Å². The van der Waals surface area contributed by atoms with E-state index in [1.807, 2.05) is 6.07 Å². The summed E-state index contributed by atoms with van der Waals surface area (Å²) in [6, 6.07) is 15.4. The van der Waals surface area contributed by atoms with Crippen molar-refractivity contribution in [3.63, 3.8) is 0 Å². The van der Waals surface area contributed by atoms with Crippen molar-refractivity contribution in [2.45, 2.75) is 57.8 Å². The Bertz CT molecular complexity index is 722. The fraction of sp³-hybridized carbons (Fsp3) is 0.391. The van der Waals surface area contributed by atoms with Gasteiger partial charge in [-0.15, -0.1) is 17.7 Å². The minimum Gasteiger partial charge on any atom is -0.366 e. The van der Waals surface area contributed by atoms with Gasteiger partial charge in [-0.1, -0.05) is 69.9 Å². The summed E-state index contributed by atoms with van der Waals surface area (Å²) in [7, 11) is 0. The highest BCUT2D eigenvalue weighted by Crippen LogP contribution is 2.54. The third-order valence-corrected chi connectivity index (χ3v) is 5.33. The summed E-state index contributed by atoms with van der Waals surface area (Å²) in [6.07, 6.45) is 14.9. The maximum absolute atomic E-state index is 7.52. The van der Waals surface area contributed by atoms with E-state index in [1.54, 1.807) is 0 Å². The van der Waals surface area contributed by atoms with Gasteiger partial charge in [0, 0.05) is 5.41 Å². The van der Waals surface area contributed by atoms with E-state index in [2.05, 4.69) is 56.2 Å². The Morgan fingerprint density at radius 2 is 1.52 bits per heavy atom. The Labute approximate surface area is 140 Å². The fourth-order valence-electron chi connectivity index (χ4n) is 4.15. The van der Waals surface area contributed by atoms with Gasteiger partial charge in [0.25, 0.3) is 0 Å². The molecule has 0 spiro atoms. The predicted octanol–water partition coefficient (Wildman–Crippen LogP) is 6.27. The van der Waals surface area contributed by atoms with Crippen LogP contribution in [0.1, 0.15) is 69.1 Å². The lowest BCUT2D eigenvalue weighted by Crippen LogP contribution is -2.25. The van der Waals surface area contributed by atoms with Gasteiger partial charge >= 0.3 is 0 Å². The standard InChI is InChI=1S/C23H25/c1-4-7-15-23(16-8-5-2)21-12-10-9-11-19(21)20-14-13-18(6-3)17-22(20)23/h9-14,17H,4-5,7-8,15-16H2,1-2H3/q-1. The quantitative estimate of drug-likeness (QED) is 0.435. The fourth-order valence-corrected chi connectivity index (χ4v) is 4.15. The van der Waals surface area contributed by atoms with Crippen LogP contribution in [0, 0.1) is 12.3 Å². The second kappa shape index (κ2) is 6.63. The molecule has 23 heavy (non-hydrogen) atoms. The Morgan fingerprint density at radius 1 is 0.870 bits per heavy atom. The number of fused-ring (bicyclic) bond motifs is 3. The minimum absolute atomic E-state index is 0.130. The highest BCUT2D eigenvalue weighted by atomic mass is 14.4. The highest BCUT2D eigenvalue weighted by Gasteiger charge is 2.41. The first-order valence-corrected chi connectivity index (χ1v) is 8.94. The normalized spacial score (nSPS) is 14.1. The third kappa shape index (κ3) is 2.59. The molecule has 3 rings (SSSR count). The molecule has 0 aromatic heterocycles. The zero-order valence-electron chi connectivity index (χ0n) is 14.3. The third-order valence-electron chi connectivity index (χ3n) is 5.33. The van der Waals surface area contributed by atoms with E-state index in [1.165, 1.54) is 60.8 Å². The molecule has 2 aromatic carbocycles. The first-order chi connectivity index (χ1) is 11.3. The van der Waals surface area contributed by atoms with Crippen molar-refractivity contribution in [2.75, 3.05) is 0 Å². The summed E-state index contributed by atoms with van der Waals surface area (Å²) in [5, 5.41) is 0. The molecule has 118 valence electrons. The van der Waals surface area contributed by atoms with Crippen molar-refractivity contribution in [3.05, 3.63) is 65.6 Å². The Hall–Kier alpha value is -2.00. The Morgan fingerprint density at radius 3 is 2.17 bits per heavy atom. The van der Waals surface area contributed by atoms with E-state index in [-0.39, 0.29) is 5.41 Å². The van der Waals surface area contributed by atoms with E-state index < -0.39 is 0 Å². The van der Waals surface area contributed by atoms with Gasteiger partial charge in [-0.25, -0.2) is 0 Å². The zero-order chi connectivity index (χ0) is 16.3. The molecule has 0 aliphatic heterocycles. The molecule has 0 N–H and O–H groups in total. The molecule has 0 amide bonds. The van der Waals surface area contributed by atoms with Gasteiger partial charge in [-0.05, 0) is 35.1 Å². The summed E-state index contributed by atoms with van der Waals surface area (Å²) in [6.45, 7) is 4.55. The van der Waals surface area contributed by atoms with Gasteiger partial charge in [0.1, 0.15) is 0 Å². The van der Waals surface area contributed by atoms with Crippen LogP contribution in [-0.2, 0) is 5.41 Å². The molecule has 0 bridgehead atoms. The van der Waals surface area contributed by atoms with Crippen molar-refractivity contribution in [3.8, 4) is 17.0 Å². The minimum atomic E-state index is 0.130. The SMILES string of the molecule is [C-]#Cc1ccc2c(c1)C(CCCC)(CCCC)c1ccccc1-2. The van der Waals surface area contributed by atoms with Crippen LogP contribution in [0.25, 0.3) is 11.1 Å². The molecular weight excluding hydrogens is 276 g/mol. The van der Waals surface area contributed by atoms with Crippen molar-refractivity contribution >= 4 is 0 Å². The van der Waals surface area contributed by atoms with Gasteiger partial charge in [0.15, 0.2) is 0 Å². The molecule has 0 saturated carbocycles. The molecule has 2 aromatic rings. The van der Waals surface area contributed by atoms with Gasteiger partial charge in [-0.3, -0.25) is 5.92 Å². The van der Waals surface area contributed by atoms with Crippen LogP contribution >= 0.6 is 0 Å². The van der Waals surface area contributed by atoms with Gasteiger partial charge < -0.3 is 6.42 Å². The number of hydrogen-bond donors (Lipinski definition) is 0. The highest BCUT2D eigenvalue weighted by molar-refractivity contribution is 5.81. The summed E-state index contributed by atoms with van der Waals surface area (Å²) in [5.41, 5.74) is 6.72. The van der Waals surface area contributed by atoms with Crippen LogP contribution in [0.4, 0.5) is 0 Å². The number of benzene rings is 2. The van der Waals surface area contributed by atoms with Crippen LogP contribution < -0.4 is 0 Å². The van der Waals surface area contributed by atoms with Crippen LogP contribution in [0.15, 0.2) is 42.5 Å². The smallest absolute Gasteiger partial charge is 0.0200 e. The lowest BCUT2D eigenvalue weighted by atomic mass is 9.70. The van der Waals surface area contributed by atoms with Gasteiger partial charge in [0.2, 0.25) is 0 Å². The average Bonchev–Trinajstić information content (AvgIpc) is 2.88. The maximum Gasteiger partial charge on any atom is 0.0200 e. The second-order valence-electron chi connectivity index (χ2n) is 6.72. The molecule has 1 aliphatic rings. The van der Waals surface area contributed by atoms with Crippen molar-refractivity contribution in [1.29, 1.82) is 0 Å². The molecular formula is C23H25-. The molecule has 0 radical (unpaired) electrons. The first-order valence-electron chi connectivity index (χ1n) is 8.94. The van der Waals surface area contributed by atoms with E-state index in [0.29, 0.717) is 0 Å². The van der Waals surface area contributed by atoms with Gasteiger partial charge in [-0.2, -0.15) is 0 Å². The molecule has 1 aliphatic carbocycles. The Balaban J connectivity index is 2.22. The number of unbranched alkanes of at least 4 members (excludes halogenated alkanes) is 2. The molecule has 0 nitrogen and oxygen atoms in total. The van der Waals surface area contributed by atoms with Crippen LogP contribution in [0.2, 0.25) is 0 Å². The molecule has 0 heterocycles. The summed E-state index contributed by atoms with van der Waals surface area (Å²) >= 11 is 0. The lowest BCUT2D eigenvalue weighted by molar-refractivity contribution is 0.414. The lowest BCUT2D eigenvalue weighted by Gasteiger charge is -2.33. The largest absolute Gasteiger partial charge is 0.366 e. The summed E-state index contributed by atoms with van der Waals surface area (Å²) in [4.78, 5) is 0. The van der Waals surface area contributed by atoms with Crippen LogP contribution in [-0.4, -0.2) is 0 Å². The summed E-state index contributed by atoms with van der Waals surface area (Å²) < 4.78 is 0. The maximum atomic E-state index is 7.52. The van der Waals surface area contributed by atoms with Crippen molar-refractivity contribution < 1.29 is 0 Å². The molecule has 0 atom stereocenters. The van der Waals surface area contributed by atoms with E-state index >= 15 is 0 Å². The van der Waals surface area contributed by atoms with Gasteiger partial charge in [0.05, 0.1) is 0 Å². The van der Waals surface area contributed by atoms with Crippen molar-refractivity contribution in [2.24, 2.45) is 0 Å². The number of rotatable bonds is 6. The Kier molecular flexibility index (Phi) is 4.58.